The second-order valence-corrected chi connectivity index (χ2v) is 4.41. The van der Waals surface area contributed by atoms with Crippen LogP contribution in [0.5, 0.6) is 0 Å². The normalized spacial score (nSPS) is 19.3. The van der Waals surface area contributed by atoms with E-state index in [1.807, 2.05) is 6.92 Å². The first-order valence-electron chi connectivity index (χ1n) is 5.84. The highest BCUT2D eigenvalue weighted by molar-refractivity contribution is 5.77. The molecule has 1 aliphatic carbocycles. The minimum Gasteiger partial charge on any atom is -0.327 e. The molecule has 0 saturated heterocycles. The van der Waals surface area contributed by atoms with Gasteiger partial charge in [0, 0.05) is 13.5 Å². The summed E-state index contributed by atoms with van der Waals surface area (Å²) in [5.74, 6) is 0.112. The molecule has 1 aliphatic rings. The van der Waals surface area contributed by atoms with Gasteiger partial charge in [0.25, 0.3) is 0 Å². The molecule has 0 bridgehead atoms. The molecule has 1 saturated carbocycles. The van der Waals surface area contributed by atoms with E-state index in [1.54, 1.807) is 11.9 Å². The molecule has 0 spiro atoms. The van der Waals surface area contributed by atoms with Gasteiger partial charge in [-0.25, -0.2) is 0 Å². The zero-order valence-corrected chi connectivity index (χ0v) is 9.75. The molecular weight excluding hydrogens is 188 g/mol. The Bertz CT molecular complexity index is 261. The van der Waals surface area contributed by atoms with E-state index in [9.17, 15) is 10.1 Å². The SMILES string of the molecule is CCCC(=O)N(C)C1(C#N)CCCCC1. The van der Waals surface area contributed by atoms with Gasteiger partial charge in [0.1, 0.15) is 5.54 Å². The predicted molar refractivity (Wildman–Crippen MR) is 59.1 cm³/mol. The van der Waals surface area contributed by atoms with Crippen LogP contribution in [-0.2, 0) is 4.79 Å². The summed E-state index contributed by atoms with van der Waals surface area (Å²) in [7, 11) is 1.78. The van der Waals surface area contributed by atoms with Gasteiger partial charge in [-0.15, -0.1) is 0 Å². The lowest BCUT2D eigenvalue weighted by molar-refractivity contribution is -0.134. The van der Waals surface area contributed by atoms with E-state index in [0.717, 1.165) is 32.1 Å². The van der Waals surface area contributed by atoms with Gasteiger partial charge in [0.2, 0.25) is 5.91 Å². The molecule has 0 unspecified atom stereocenters. The lowest BCUT2D eigenvalue weighted by atomic mass is 9.81. The van der Waals surface area contributed by atoms with Crippen LogP contribution in [0.1, 0.15) is 51.9 Å². The largest absolute Gasteiger partial charge is 0.327 e. The molecule has 15 heavy (non-hydrogen) atoms. The molecule has 0 aromatic heterocycles. The van der Waals surface area contributed by atoms with Crippen LogP contribution in [0.2, 0.25) is 0 Å². The summed E-state index contributed by atoms with van der Waals surface area (Å²) >= 11 is 0. The second-order valence-electron chi connectivity index (χ2n) is 4.41. The Labute approximate surface area is 92.1 Å². The van der Waals surface area contributed by atoms with E-state index in [0.29, 0.717) is 6.42 Å². The van der Waals surface area contributed by atoms with E-state index in [4.69, 9.17) is 0 Å². The molecule has 0 N–H and O–H groups in total. The number of hydrogen-bond acceptors (Lipinski definition) is 2. The lowest BCUT2D eigenvalue weighted by Gasteiger charge is -2.39. The predicted octanol–water partition coefficient (Wildman–Crippen LogP) is 2.47. The Morgan fingerprint density at radius 1 is 1.40 bits per heavy atom. The fourth-order valence-corrected chi connectivity index (χ4v) is 2.28. The van der Waals surface area contributed by atoms with Crippen molar-refractivity contribution < 1.29 is 4.79 Å². The van der Waals surface area contributed by atoms with E-state index >= 15 is 0 Å². The second kappa shape index (κ2) is 5.16. The van der Waals surface area contributed by atoms with Crippen LogP contribution in [0, 0.1) is 11.3 Å². The Hall–Kier alpha value is -1.04. The molecule has 0 aromatic carbocycles. The average Bonchev–Trinajstić information content (AvgIpc) is 2.29. The first-order chi connectivity index (χ1) is 7.16. The monoisotopic (exact) mass is 208 g/mol. The number of amides is 1. The van der Waals surface area contributed by atoms with Crippen LogP contribution in [0.15, 0.2) is 0 Å². The maximum atomic E-state index is 11.8. The van der Waals surface area contributed by atoms with Gasteiger partial charge in [0.15, 0.2) is 0 Å². The van der Waals surface area contributed by atoms with Crippen molar-refractivity contribution in [3.05, 3.63) is 0 Å². The third kappa shape index (κ3) is 2.50. The molecule has 3 heteroatoms. The van der Waals surface area contributed by atoms with Crippen molar-refractivity contribution in [1.82, 2.24) is 4.90 Å². The molecule has 3 nitrogen and oxygen atoms in total. The highest BCUT2D eigenvalue weighted by Crippen LogP contribution is 2.32. The molecule has 0 heterocycles. The number of carbonyl (C=O) groups is 1. The van der Waals surface area contributed by atoms with E-state index in [-0.39, 0.29) is 5.91 Å². The third-order valence-corrected chi connectivity index (χ3v) is 3.37. The van der Waals surface area contributed by atoms with Crippen molar-refractivity contribution >= 4 is 5.91 Å². The molecular formula is C12H20N2O. The van der Waals surface area contributed by atoms with Crippen molar-refractivity contribution in [3.8, 4) is 6.07 Å². The number of nitrogens with zero attached hydrogens (tertiary/aromatic N) is 2. The molecule has 1 fully saturated rings. The molecule has 0 atom stereocenters. The van der Waals surface area contributed by atoms with Gasteiger partial charge in [-0.2, -0.15) is 5.26 Å². The zero-order valence-electron chi connectivity index (χ0n) is 9.75. The van der Waals surface area contributed by atoms with E-state index < -0.39 is 5.54 Å². The number of carbonyl (C=O) groups excluding carboxylic acids is 1. The quantitative estimate of drug-likeness (QED) is 0.715. The Morgan fingerprint density at radius 3 is 2.47 bits per heavy atom. The Kier molecular flexibility index (Phi) is 4.14. The fourth-order valence-electron chi connectivity index (χ4n) is 2.28. The van der Waals surface area contributed by atoms with Crippen LogP contribution < -0.4 is 0 Å². The molecule has 0 radical (unpaired) electrons. The highest BCUT2D eigenvalue weighted by Gasteiger charge is 2.38. The minimum absolute atomic E-state index is 0.112. The highest BCUT2D eigenvalue weighted by atomic mass is 16.2. The lowest BCUT2D eigenvalue weighted by Crippen LogP contribution is -2.49. The molecule has 84 valence electrons. The van der Waals surface area contributed by atoms with Gasteiger partial charge in [-0.1, -0.05) is 26.2 Å². The van der Waals surface area contributed by atoms with E-state index in [2.05, 4.69) is 6.07 Å². The fraction of sp³-hybridized carbons (Fsp3) is 0.833. The number of nitriles is 1. The Balaban J connectivity index is 2.72. The van der Waals surface area contributed by atoms with Crippen LogP contribution in [0.3, 0.4) is 0 Å². The summed E-state index contributed by atoms with van der Waals surface area (Å²) in [6, 6.07) is 2.36. The van der Waals surface area contributed by atoms with E-state index in [1.165, 1.54) is 6.42 Å². The van der Waals surface area contributed by atoms with Crippen LogP contribution >= 0.6 is 0 Å². The average molecular weight is 208 g/mol. The van der Waals surface area contributed by atoms with Crippen LogP contribution in [0.25, 0.3) is 0 Å². The summed E-state index contributed by atoms with van der Waals surface area (Å²) < 4.78 is 0. The van der Waals surface area contributed by atoms with Gasteiger partial charge in [0.05, 0.1) is 6.07 Å². The minimum atomic E-state index is -0.509. The number of rotatable bonds is 3. The molecule has 1 rings (SSSR count). The van der Waals surface area contributed by atoms with Crippen molar-refractivity contribution in [1.29, 1.82) is 5.26 Å². The van der Waals surface area contributed by atoms with Gasteiger partial charge in [-0.3, -0.25) is 4.79 Å². The maximum absolute atomic E-state index is 11.8. The van der Waals surface area contributed by atoms with Crippen molar-refractivity contribution in [2.24, 2.45) is 0 Å². The summed E-state index contributed by atoms with van der Waals surface area (Å²) in [4.78, 5) is 13.5. The summed E-state index contributed by atoms with van der Waals surface area (Å²) in [6.07, 6.45) is 6.42. The van der Waals surface area contributed by atoms with Crippen molar-refractivity contribution in [2.75, 3.05) is 7.05 Å². The Morgan fingerprint density at radius 2 is 2.00 bits per heavy atom. The van der Waals surface area contributed by atoms with Crippen molar-refractivity contribution in [2.45, 2.75) is 57.4 Å². The van der Waals surface area contributed by atoms with Gasteiger partial charge >= 0.3 is 0 Å². The number of hydrogen-bond donors (Lipinski definition) is 0. The standard InChI is InChI=1S/C12H20N2O/c1-3-7-11(15)14(2)12(10-13)8-5-4-6-9-12/h3-9H2,1-2H3. The first-order valence-corrected chi connectivity index (χ1v) is 5.84. The maximum Gasteiger partial charge on any atom is 0.223 e. The molecule has 0 aromatic rings. The van der Waals surface area contributed by atoms with Crippen molar-refractivity contribution in [3.63, 3.8) is 0 Å². The summed E-state index contributed by atoms with van der Waals surface area (Å²) in [5, 5.41) is 9.29. The molecule has 0 aliphatic heterocycles. The molecule has 1 amide bonds. The smallest absolute Gasteiger partial charge is 0.223 e. The van der Waals surface area contributed by atoms with Crippen LogP contribution in [-0.4, -0.2) is 23.4 Å². The zero-order chi connectivity index (χ0) is 11.3. The van der Waals surface area contributed by atoms with Crippen LogP contribution in [0.4, 0.5) is 0 Å². The van der Waals surface area contributed by atoms with Gasteiger partial charge < -0.3 is 4.90 Å². The summed E-state index contributed by atoms with van der Waals surface area (Å²) in [5.41, 5.74) is -0.509. The topological polar surface area (TPSA) is 44.1 Å². The first kappa shape index (κ1) is 12.0. The summed E-state index contributed by atoms with van der Waals surface area (Å²) in [6.45, 7) is 1.99. The van der Waals surface area contributed by atoms with Gasteiger partial charge in [-0.05, 0) is 19.3 Å². The third-order valence-electron chi connectivity index (χ3n) is 3.37.